The van der Waals surface area contributed by atoms with Crippen LogP contribution in [0.3, 0.4) is 0 Å². The summed E-state index contributed by atoms with van der Waals surface area (Å²) in [7, 11) is 1.96. The van der Waals surface area contributed by atoms with Crippen LogP contribution in [0.4, 0.5) is 0 Å². The third-order valence-corrected chi connectivity index (χ3v) is 3.92. The number of aryl methyl sites for hydroxylation is 1. The first-order valence-corrected chi connectivity index (χ1v) is 7.57. The number of nitrogens with one attached hydrogen (secondary N) is 1. The zero-order valence-electron chi connectivity index (χ0n) is 11.1. The van der Waals surface area contributed by atoms with Gasteiger partial charge in [-0.15, -0.1) is 0 Å². The molecule has 1 aromatic rings. The number of aromatic nitrogens is 3. The van der Waals surface area contributed by atoms with Crippen LogP contribution in [0.25, 0.3) is 0 Å². The maximum Gasteiger partial charge on any atom is 0.138 e. The minimum Gasteiger partial charge on any atom is -0.313 e. The average Bonchev–Trinajstić information content (AvgIpc) is 2.72. The zero-order chi connectivity index (χ0) is 12.5. The largest absolute Gasteiger partial charge is 0.313 e. The molecule has 1 aromatic heterocycles. The van der Waals surface area contributed by atoms with E-state index in [1.807, 2.05) is 23.5 Å². The Balaban J connectivity index is 2.42. The summed E-state index contributed by atoms with van der Waals surface area (Å²) in [6, 6.07) is 0.509. The molecule has 1 heterocycles. The van der Waals surface area contributed by atoms with Crippen LogP contribution in [0.1, 0.15) is 32.5 Å². The first kappa shape index (κ1) is 14.5. The Kier molecular flexibility index (Phi) is 7.28. The fraction of sp³-hybridized carbons (Fsp3) is 0.833. The van der Waals surface area contributed by atoms with Crippen LogP contribution < -0.4 is 5.32 Å². The first-order valence-electron chi connectivity index (χ1n) is 6.41. The highest BCUT2D eigenvalue weighted by Gasteiger charge is 2.11. The number of thioether (sulfide) groups is 1. The predicted molar refractivity (Wildman–Crippen MR) is 74.4 cm³/mol. The molecule has 0 aliphatic heterocycles. The van der Waals surface area contributed by atoms with Crippen molar-refractivity contribution < 1.29 is 0 Å². The van der Waals surface area contributed by atoms with E-state index in [1.165, 1.54) is 18.6 Å². The van der Waals surface area contributed by atoms with Gasteiger partial charge in [-0.1, -0.05) is 13.8 Å². The molecule has 17 heavy (non-hydrogen) atoms. The van der Waals surface area contributed by atoms with Gasteiger partial charge in [0.2, 0.25) is 0 Å². The summed E-state index contributed by atoms with van der Waals surface area (Å²) >= 11 is 2.02. The molecule has 1 rings (SSSR count). The summed E-state index contributed by atoms with van der Waals surface area (Å²) in [5, 5.41) is 7.71. The Morgan fingerprint density at radius 2 is 2.24 bits per heavy atom. The molecule has 0 saturated heterocycles. The van der Waals surface area contributed by atoms with Crippen LogP contribution >= 0.6 is 11.8 Å². The number of hydrogen-bond acceptors (Lipinski definition) is 4. The van der Waals surface area contributed by atoms with Gasteiger partial charge in [-0.3, -0.25) is 4.68 Å². The van der Waals surface area contributed by atoms with Crippen LogP contribution in [0.2, 0.25) is 0 Å². The van der Waals surface area contributed by atoms with Crippen molar-refractivity contribution >= 4 is 11.8 Å². The average molecular weight is 256 g/mol. The molecule has 0 spiro atoms. The van der Waals surface area contributed by atoms with Crippen molar-refractivity contribution in [3.05, 3.63) is 12.2 Å². The summed E-state index contributed by atoms with van der Waals surface area (Å²) in [4.78, 5) is 4.29. The molecule has 98 valence electrons. The Morgan fingerprint density at radius 1 is 1.41 bits per heavy atom. The van der Waals surface area contributed by atoms with Crippen molar-refractivity contribution in [3.63, 3.8) is 0 Å². The van der Waals surface area contributed by atoms with Gasteiger partial charge in [-0.05, 0) is 25.1 Å². The van der Waals surface area contributed by atoms with Gasteiger partial charge in [-0.2, -0.15) is 16.9 Å². The Labute approximate surface area is 109 Å². The second-order valence-corrected chi connectivity index (χ2v) is 5.38. The SMILES string of the molecule is CCCNC(CSCCC)Cc1ncnn1C. The fourth-order valence-electron chi connectivity index (χ4n) is 1.63. The van der Waals surface area contributed by atoms with Crippen molar-refractivity contribution in [2.24, 2.45) is 7.05 Å². The lowest BCUT2D eigenvalue weighted by molar-refractivity contribution is 0.526. The second kappa shape index (κ2) is 8.53. The van der Waals surface area contributed by atoms with Crippen molar-refractivity contribution in [2.75, 3.05) is 18.1 Å². The van der Waals surface area contributed by atoms with Gasteiger partial charge >= 0.3 is 0 Å². The quantitative estimate of drug-likeness (QED) is 0.685. The van der Waals surface area contributed by atoms with Crippen LogP contribution in [0, 0.1) is 0 Å². The molecule has 0 fully saturated rings. The van der Waals surface area contributed by atoms with Crippen LogP contribution in [0.5, 0.6) is 0 Å². The molecule has 0 saturated carbocycles. The smallest absolute Gasteiger partial charge is 0.138 e. The minimum absolute atomic E-state index is 0.509. The molecule has 0 aliphatic carbocycles. The highest BCUT2D eigenvalue weighted by Crippen LogP contribution is 2.08. The monoisotopic (exact) mass is 256 g/mol. The van der Waals surface area contributed by atoms with E-state index in [0.29, 0.717) is 6.04 Å². The van der Waals surface area contributed by atoms with Gasteiger partial charge in [0.25, 0.3) is 0 Å². The summed E-state index contributed by atoms with van der Waals surface area (Å²) < 4.78 is 1.87. The molecular weight excluding hydrogens is 232 g/mol. The van der Waals surface area contributed by atoms with Gasteiger partial charge in [-0.25, -0.2) is 4.98 Å². The molecular formula is C12H24N4S. The van der Waals surface area contributed by atoms with E-state index in [-0.39, 0.29) is 0 Å². The van der Waals surface area contributed by atoms with Gasteiger partial charge < -0.3 is 5.32 Å². The Morgan fingerprint density at radius 3 is 2.82 bits per heavy atom. The lowest BCUT2D eigenvalue weighted by Crippen LogP contribution is -2.35. The van der Waals surface area contributed by atoms with E-state index in [0.717, 1.165) is 24.5 Å². The third-order valence-electron chi connectivity index (χ3n) is 2.58. The Bertz CT molecular complexity index is 300. The minimum atomic E-state index is 0.509. The molecule has 1 unspecified atom stereocenters. The molecule has 1 atom stereocenters. The molecule has 0 aliphatic rings. The second-order valence-electron chi connectivity index (χ2n) is 4.23. The lowest BCUT2D eigenvalue weighted by Gasteiger charge is -2.17. The van der Waals surface area contributed by atoms with E-state index in [9.17, 15) is 0 Å². The van der Waals surface area contributed by atoms with Crippen LogP contribution in [-0.4, -0.2) is 38.9 Å². The summed E-state index contributed by atoms with van der Waals surface area (Å²) in [6.45, 7) is 5.50. The van der Waals surface area contributed by atoms with Crippen LogP contribution in [-0.2, 0) is 13.5 Å². The van der Waals surface area contributed by atoms with Gasteiger partial charge in [0.05, 0.1) is 0 Å². The van der Waals surface area contributed by atoms with Crippen molar-refractivity contribution in [3.8, 4) is 0 Å². The Hall–Kier alpha value is -0.550. The predicted octanol–water partition coefficient (Wildman–Crippen LogP) is 1.87. The topological polar surface area (TPSA) is 42.7 Å². The van der Waals surface area contributed by atoms with E-state index >= 15 is 0 Å². The van der Waals surface area contributed by atoms with Crippen molar-refractivity contribution in [1.29, 1.82) is 0 Å². The van der Waals surface area contributed by atoms with Crippen molar-refractivity contribution in [2.45, 2.75) is 39.2 Å². The van der Waals surface area contributed by atoms with E-state index in [2.05, 4.69) is 29.2 Å². The molecule has 4 nitrogen and oxygen atoms in total. The van der Waals surface area contributed by atoms with Gasteiger partial charge in [0.1, 0.15) is 12.2 Å². The molecule has 0 amide bonds. The molecule has 0 radical (unpaired) electrons. The molecule has 0 bridgehead atoms. The molecule has 5 heteroatoms. The normalized spacial score (nSPS) is 12.9. The lowest BCUT2D eigenvalue weighted by atomic mass is 10.2. The fourth-order valence-corrected chi connectivity index (χ4v) is 2.61. The zero-order valence-corrected chi connectivity index (χ0v) is 12.0. The maximum absolute atomic E-state index is 4.29. The number of hydrogen-bond donors (Lipinski definition) is 1. The highest BCUT2D eigenvalue weighted by atomic mass is 32.2. The molecule has 0 aromatic carbocycles. The molecule has 1 N–H and O–H groups in total. The summed E-state index contributed by atoms with van der Waals surface area (Å²) in [5.41, 5.74) is 0. The van der Waals surface area contributed by atoms with E-state index in [1.54, 1.807) is 6.33 Å². The van der Waals surface area contributed by atoms with Gasteiger partial charge in [0.15, 0.2) is 0 Å². The number of nitrogens with zero attached hydrogens (tertiary/aromatic N) is 3. The summed E-state index contributed by atoms with van der Waals surface area (Å²) in [5.74, 6) is 3.46. The first-order chi connectivity index (χ1) is 8.27. The standard InChI is InChI=1S/C12H24N4S/c1-4-6-13-11(9-17-7-5-2)8-12-14-10-15-16(12)3/h10-11,13H,4-9H2,1-3H3. The van der Waals surface area contributed by atoms with Crippen molar-refractivity contribution in [1.82, 2.24) is 20.1 Å². The van der Waals surface area contributed by atoms with E-state index in [4.69, 9.17) is 0 Å². The van der Waals surface area contributed by atoms with Crippen LogP contribution in [0.15, 0.2) is 6.33 Å². The highest BCUT2D eigenvalue weighted by molar-refractivity contribution is 7.99. The maximum atomic E-state index is 4.29. The van der Waals surface area contributed by atoms with Gasteiger partial charge in [0, 0.05) is 25.3 Å². The summed E-state index contributed by atoms with van der Waals surface area (Å²) in [6.07, 6.45) is 5.02. The van der Waals surface area contributed by atoms with E-state index < -0.39 is 0 Å². The third kappa shape index (κ3) is 5.55. The number of rotatable bonds is 9.